The number of hydrogen-bond donors (Lipinski definition) is 1. The summed E-state index contributed by atoms with van der Waals surface area (Å²) in [4.78, 5) is 27.9. The lowest BCUT2D eigenvalue weighted by Gasteiger charge is -2.16. The summed E-state index contributed by atoms with van der Waals surface area (Å²) in [6, 6.07) is 10.0. The van der Waals surface area contributed by atoms with Gasteiger partial charge in [0.25, 0.3) is 5.91 Å². The van der Waals surface area contributed by atoms with Crippen LogP contribution < -0.4 is 15.7 Å². The zero-order chi connectivity index (χ0) is 18.7. The highest BCUT2D eigenvalue weighted by Gasteiger charge is 2.17. The number of amides is 1. The topological polar surface area (TPSA) is 81.4 Å². The third kappa shape index (κ3) is 4.03. The molecule has 1 amide bonds. The Kier molecular flexibility index (Phi) is 5.23. The number of benzene rings is 1. The third-order valence-corrected chi connectivity index (χ3v) is 4.14. The lowest BCUT2D eigenvalue weighted by molar-refractivity contribution is -0.127. The van der Waals surface area contributed by atoms with E-state index in [9.17, 15) is 9.59 Å². The van der Waals surface area contributed by atoms with Crippen molar-refractivity contribution < 1.29 is 13.9 Å². The lowest BCUT2D eigenvalue weighted by atomic mass is 10.1. The minimum Gasteiger partial charge on any atom is -0.479 e. The Morgan fingerprint density at radius 2 is 2.15 bits per heavy atom. The zero-order valence-electron chi connectivity index (χ0n) is 14.3. The maximum Gasteiger partial charge on any atom is 0.336 e. The van der Waals surface area contributed by atoms with Crippen LogP contribution in [0.15, 0.2) is 51.8 Å². The predicted molar refractivity (Wildman–Crippen MR) is 98.4 cm³/mol. The summed E-state index contributed by atoms with van der Waals surface area (Å²) < 4.78 is 10.8. The molecule has 6 nitrogen and oxygen atoms in total. The molecular formula is C19H17ClN2O4. The Bertz CT molecular complexity index is 1000. The van der Waals surface area contributed by atoms with Crippen molar-refractivity contribution in [3.63, 3.8) is 0 Å². The molecule has 2 heterocycles. The molecule has 0 aliphatic heterocycles. The predicted octanol–water partition coefficient (Wildman–Crippen LogP) is 3.23. The van der Waals surface area contributed by atoms with Crippen LogP contribution in [0.5, 0.6) is 5.75 Å². The van der Waals surface area contributed by atoms with Crippen LogP contribution >= 0.6 is 11.6 Å². The first-order valence-electron chi connectivity index (χ1n) is 8.02. The number of aromatic nitrogens is 1. The van der Waals surface area contributed by atoms with Crippen LogP contribution in [0.25, 0.3) is 11.0 Å². The molecule has 3 aromatic rings. The summed E-state index contributed by atoms with van der Waals surface area (Å²) in [5, 5.41) is 3.80. The molecular weight excluding hydrogens is 356 g/mol. The number of pyridine rings is 1. The first-order chi connectivity index (χ1) is 12.4. The molecule has 26 heavy (non-hydrogen) atoms. The van der Waals surface area contributed by atoms with Gasteiger partial charge in [-0.3, -0.25) is 9.78 Å². The van der Waals surface area contributed by atoms with Crippen LogP contribution in [0.3, 0.4) is 0 Å². The number of carbonyl (C=O) groups is 1. The molecule has 0 bridgehead atoms. The lowest BCUT2D eigenvalue weighted by Crippen LogP contribution is -2.36. The SMILES string of the molecule is Cc1cc(=O)oc2cc(O[C@H](C)C(=O)NCc3ccccn3)c(Cl)cc12. The molecule has 2 aromatic heterocycles. The number of fused-ring (bicyclic) bond motifs is 1. The fourth-order valence-corrected chi connectivity index (χ4v) is 2.69. The Labute approximate surface area is 154 Å². The second kappa shape index (κ2) is 7.58. The first-order valence-corrected chi connectivity index (χ1v) is 8.40. The maximum absolute atomic E-state index is 12.2. The van der Waals surface area contributed by atoms with Gasteiger partial charge in [-0.05, 0) is 37.6 Å². The van der Waals surface area contributed by atoms with E-state index in [1.165, 1.54) is 12.1 Å². The van der Waals surface area contributed by atoms with Gasteiger partial charge in [-0.15, -0.1) is 0 Å². The normalized spacial score (nSPS) is 12.0. The van der Waals surface area contributed by atoms with Crippen molar-refractivity contribution in [2.45, 2.75) is 26.5 Å². The standard InChI is InChI=1S/C19H17ClN2O4/c1-11-7-18(23)26-16-9-17(15(20)8-14(11)16)25-12(2)19(24)22-10-13-5-3-4-6-21-13/h3-9,12H,10H2,1-2H3,(H,22,24)/t12-/m1/s1. The number of halogens is 1. The molecule has 0 fully saturated rings. The zero-order valence-corrected chi connectivity index (χ0v) is 15.0. The summed E-state index contributed by atoms with van der Waals surface area (Å²) in [5.41, 5.74) is 1.40. The quantitative estimate of drug-likeness (QED) is 0.695. The van der Waals surface area contributed by atoms with Gasteiger partial charge in [0.1, 0.15) is 11.3 Å². The molecule has 0 saturated carbocycles. The van der Waals surface area contributed by atoms with Gasteiger partial charge in [0.05, 0.1) is 17.3 Å². The molecule has 0 saturated heterocycles. The van der Waals surface area contributed by atoms with Crippen LogP contribution in [0, 0.1) is 6.92 Å². The van der Waals surface area contributed by atoms with Crippen LogP contribution in [0.4, 0.5) is 0 Å². The van der Waals surface area contributed by atoms with Crippen molar-refractivity contribution in [3.8, 4) is 5.75 Å². The van der Waals surface area contributed by atoms with Crippen LogP contribution in [-0.4, -0.2) is 17.0 Å². The van der Waals surface area contributed by atoms with Crippen LogP contribution in [0.2, 0.25) is 5.02 Å². The van der Waals surface area contributed by atoms with Crippen molar-refractivity contribution in [2.24, 2.45) is 0 Å². The van der Waals surface area contributed by atoms with Gasteiger partial charge in [-0.1, -0.05) is 17.7 Å². The molecule has 7 heteroatoms. The number of ether oxygens (including phenoxy) is 1. The maximum atomic E-state index is 12.2. The Hall–Kier alpha value is -2.86. The summed E-state index contributed by atoms with van der Waals surface area (Å²) in [6.45, 7) is 3.71. The van der Waals surface area contributed by atoms with Gasteiger partial charge in [-0.25, -0.2) is 4.79 Å². The average Bonchev–Trinajstić information content (AvgIpc) is 2.62. The molecule has 0 aliphatic carbocycles. The fourth-order valence-electron chi connectivity index (χ4n) is 2.48. The molecule has 1 atom stereocenters. The molecule has 0 spiro atoms. The minimum atomic E-state index is -0.787. The highest BCUT2D eigenvalue weighted by Crippen LogP contribution is 2.31. The van der Waals surface area contributed by atoms with E-state index in [0.717, 1.165) is 11.3 Å². The summed E-state index contributed by atoms with van der Waals surface area (Å²) in [5.74, 6) is -0.0362. The Balaban J connectivity index is 1.74. The van der Waals surface area contributed by atoms with Crippen molar-refractivity contribution in [1.29, 1.82) is 0 Å². The van der Waals surface area contributed by atoms with E-state index in [2.05, 4.69) is 10.3 Å². The number of nitrogens with one attached hydrogen (secondary N) is 1. The third-order valence-electron chi connectivity index (χ3n) is 3.85. The molecule has 0 aliphatic rings. The Morgan fingerprint density at radius 3 is 2.88 bits per heavy atom. The number of hydrogen-bond acceptors (Lipinski definition) is 5. The van der Waals surface area contributed by atoms with Crippen LogP contribution in [-0.2, 0) is 11.3 Å². The second-order valence-electron chi connectivity index (χ2n) is 5.83. The van der Waals surface area contributed by atoms with E-state index in [1.807, 2.05) is 12.1 Å². The monoisotopic (exact) mass is 372 g/mol. The number of carbonyl (C=O) groups excluding carboxylic acids is 1. The molecule has 0 radical (unpaired) electrons. The van der Waals surface area contributed by atoms with Gasteiger partial charge in [0.15, 0.2) is 6.10 Å². The van der Waals surface area contributed by atoms with Crippen molar-refractivity contribution in [2.75, 3.05) is 0 Å². The second-order valence-corrected chi connectivity index (χ2v) is 6.23. The molecule has 1 aromatic carbocycles. The van der Waals surface area contributed by atoms with Gasteiger partial charge in [-0.2, -0.15) is 0 Å². The minimum absolute atomic E-state index is 0.272. The van der Waals surface area contributed by atoms with Gasteiger partial charge < -0.3 is 14.5 Å². The van der Waals surface area contributed by atoms with Crippen molar-refractivity contribution in [1.82, 2.24) is 10.3 Å². The molecule has 3 rings (SSSR count). The smallest absolute Gasteiger partial charge is 0.336 e. The average molecular weight is 373 g/mol. The van der Waals surface area contributed by atoms with Crippen LogP contribution in [0.1, 0.15) is 18.2 Å². The largest absolute Gasteiger partial charge is 0.479 e. The molecule has 0 unspecified atom stereocenters. The summed E-state index contributed by atoms with van der Waals surface area (Å²) >= 11 is 6.25. The highest BCUT2D eigenvalue weighted by atomic mass is 35.5. The highest BCUT2D eigenvalue weighted by molar-refractivity contribution is 6.32. The van der Waals surface area contributed by atoms with Crippen molar-refractivity contribution in [3.05, 3.63) is 69.3 Å². The van der Waals surface area contributed by atoms with Gasteiger partial charge in [0, 0.05) is 23.7 Å². The van der Waals surface area contributed by atoms with E-state index in [4.69, 9.17) is 20.8 Å². The summed E-state index contributed by atoms with van der Waals surface area (Å²) in [7, 11) is 0. The Morgan fingerprint density at radius 1 is 1.35 bits per heavy atom. The number of rotatable bonds is 5. The summed E-state index contributed by atoms with van der Waals surface area (Å²) in [6.07, 6.45) is 0.872. The molecule has 134 valence electrons. The number of nitrogens with zero attached hydrogens (tertiary/aromatic N) is 1. The number of aryl methyl sites for hydroxylation is 1. The van der Waals surface area contributed by atoms with E-state index in [-0.39, 0.29) is 11.7 Å². The van der Waals surface area contributed by atoms with Gasteiger partial charge >= 0.3 is 5.63 Å². The van der Waals surface area contributed by atoms with E-state index in [1.54, 1.807) is 32.2 Å². The first kappa shape index (κ1) is 17.9. The van der Waals surface area contributed by atoms with Crippen molar-refractivity contribution >= 4 is 28.5 Å². The van der Waals surface area contributed by atoms with Gasteiger partial charge in [0.2, 0.25) is 0 Å². The molecule has 1 N–H and O–H groups in total. The van der Waals surface area contributed by atoms with E-state index < -0.39 is 11.7 Å². The fraction of sp³-hybridized carbons (Fsp3) is 0.211. The van der Waals surface area contributed by atoms with E-state index in [0.29, 0.717) is 22.5 Å². The van der Waals surface area contributed by atoms with E-state index >= 15 is 0 Å².